The van der Waals surface area contributed by atoms with Crippen LogP contribution in [0.1, 0.15) is 24.0 Å². The lowest BCUT2D eigenvalue weighted by Gasteiger charge is -2.37. The molecule has 1 heterocycles. The Hall–Kier alpha value is -0.730. The highest BCUT2D eigenvalue weighted by Crippen LogP contribution is 2.24. The highest BCUT2D eigenvalue weighted by Gasteiger charge is 2.21. The van der Waals surface area contributed by atoms with Crippen LogP contribution in [0.2, 0.25) is 0 Å². The number of anilines is 1. The number of alkyl halides is 1. The number of hydrogen-bond donors (Lipinski definition) is 0. The number of hydrogen-bond acceptors (Lipinski definition) is 2. The quantitative estimate of drug-likeness (QED) is 0.775. The van der Waals surface area contributed by atoms with Crippen LogP contribution in [0.3, 0.4) is 0 Å². The second-order valence-electron chi connectivity index (χ2n) is 5.45. The van der Waals surface area contributed by atoms with E-state index in [0.29, 0.717) is 11.9 Å². The maximum absolute atomic E-state index is 5.91. The van der Waals surface area contributed by atoms with Crippen LogP contribution in [0.25, 0.3) is 0 Å². The van der Waals surface area contributed by atoms with Crippen molar-refractivity contribution in [3.05, 3.63) is 29.3 Å². The fourth-order valence-corrected chi connectivity index (χ4v) is 2.94. The number of nitrogens with zero attached hydrogens (tertiary/aromatic N) is 2. The van der Waals surface area contributed by atoms with Crippen LogP contribution in [0.5, 0.6) is 0 Å². The Kier molecular flexibility index (Phi) is 4.52. The van der Waals surface area contributed by atoms with Gasteiger partial charge >= 0.3 is 0 Å². The van der Waals surface area contributed by atoms with Gasteiger partial charge in [0.05, 0.1) is 0 Å². The number of rotatable bonds is 3. The van der Waals surface area contributed by atoms with Crippen molar-refractivity contribution in [1.82, 2.24) is 4.90 Å². The average molecular weight is 267 g/mol. The van der Waals surface area contributed by atoms with Crippen LogP contribution in [-0.2, 0) is 5.88 Å². The Morgan fingerprint density at radius 3 is 2.78 bits per heavy atom. The van der Waals surface area contributed by atoms with Gasteiger partial charge in [-0.2, -0.15) is 0 Å². The summed E-state index contributed by atoms with van der Waals surface area (Å²) in [6.45, 7) is 4.45. The van der Waals surface area contributed by atoms with Gasteiger partial charge in [-0.3, -0.25) is 0 Å². The summed E-state index contributed by atoms with van der Waals surface area (Å²) in [6.07, 6.45) is 2.58. The number of aryl methyl sites for hydroxylation is 1. The molecule has 0 N–H and O–H groups in total. The second kappa shape index (κ2) is 5.94. The molecule has 1 saturated heterocycles. The summed E-state index contributed by atoms with van der Waals surface area (Å²) in [6, 6.07) is 7.32. The summed E-state index contributed by atoms with van der Waals surface area (Å²) < 4.78 is 0. The molecular weight excluding hydrogens is 244 g/mol. The van der Waals surface area contributed by atoms with E-state index in [0.717, 1.165) is 6.54 Å². The average Bonchev–Trinajstić information content (AvgIpc) is 2.38. The third-order valence-corrected chi connectivity index (χ3v) is 4.25. The van der Waals surface area contributed by atoms with Gasteiger partial charge in [0, 0.05) is 30.7 Å². The van der Waals surface area contributed by atoms with E-state index < -0.39 is 0 Å². The van der Waals surface area contributed by atoms with Crippen molar-refractivity contribution < 1.29 is 0 Å². The normalized spacial score (nSPS) is 20.5. The molecule has 0 radical (unpaired) electrons. The van der Waals surface area contributed by atoms with E-state index in [2.05, 4.69) is 49.0 Å². The zero-order valence-corrected chi connectivity index (χ0v) is 12.4. The van der Waals surface area contributed by atoms with E-state index in [9.17, 15) is 0 Å². The van der Waals surface area contributed by atoms with Crippen molar-refractivity contribution in [2.75, 3.05) is 32.1 Å². The summed E-state index contributed by atoms with van der Waals surface area (Å²) >= 11 is 5.91. The molecule has 100 valence electrons. The Labute approximate surface area is 116 Å². The molecule has 0 aliphatic carbocycles. The molecule has 1 atom stereocenters. The predicted molar refractivity (Wildman–Crippen MR) is 79.7 cm³/mol. The molecule has 1 aromatic carbocycles. The fourth-order valence-electron chi connectivity index (χ4n) is 2.64. The third kappa shape index (κ3) is 2.99. The van der Waals surface area contributed by atoms with Gasteiger partial charge in [0.15, 0.2) is 0 Å². The van der Waals surface area contributed by atoms with E-state index in [4.69, 9.17) is 11.6 Å². The molecule has 3 heteroatoms. The Morgan fingerprint density at radius 1 is 1.39 bits per heavy atom. The molecule has 1 aromatic rings. The summed E-state index contributed by atoms with van der Waals surface area (Å²) in [5.41, 5.74) is 3.88. The number of likely N-dealkylation sites (N-methyl/N-ethyl adjacent to an activating group) is 1. The number of piperidine rings is 1. The molecule has 0 spiro atoms. The van der Waals surface area contributed by atoms with E-state index >= 15 is 0 Å². The first kappa shape index (κ1) is 13.7. The molecule has 2 nitrogen and oxygen atoms in total. The van der Waals surface area contributed by atoms with E-state index in [1.54, 1.807) is 0 Å². The predicted octanol–water partition coefficient (Wildman–Crippen LogP) is 3.26. The highest BCUT2D eigenvalue weighted by molar-refractivity contribution is 6.17. The SMILES string of the molecule is Cc1cc(N2CCCC(N(C)C)C2)ccc1CCl. The summed E-state index contributed by atoms with van der Waals surface area (Å²) in [7, 11) is 4.35. The first-order chi connectivity index (χ1) is 8.61. The van der Waals surface area contributed by atoms with Crippen LogP contribution in [0, 0.1) is 6.92 Å². The highest BCUT2D eigenvalue weighted by atomic mass is 35.5. The van der Waals surface area contributed by atoms with Gasteiger partial charge < -0.3 is 9.80 Å². The lowest BCUT2D eigenvalue weighted by Crippen LogP contribution is -2.45. The largest absolute Gasteiger partial charge is 0.370 e. The molecule has 1 aliphatic rings. The zero-order valence-electron chi connectivity index (χ0n) is 11.6. The molecule has 1 aliphatic heterocycles. The minimum absolute atomic E-state index is 0.604. The molecule has 0 amide bonds. The second-order valence-corrected chi connectivity index (χ2v) is 5.72. The molecule has 1 fully saturated rings. The standard InChI is InChI=1S/C15H23ClN2/c1-12-9-14(7-6-13(12)10-16)18-8-4-5-15(11-18)17(2)3/h6-7,9,15H,4-5,8,10-11H2,1-3H3. The third-order valence-electron chi connectivity index (χ3n) is 3.96. The topological polar surface area (TPSA) is 6.48 Å². The smallest absolute Gasteiger partial charge is 0.0476 e. The van der Waals surface area contributed by atoms with Gasteiger partial charge in [-0.05, 0) is 57.1 Å². The van der Waals surface area contributed by atoms with Crippen molar-refractivity contribution in [2.45, 2.75) is 31.7 Å². The van der Waals surface area contributed by atoms with E-state index in [1.807, 2.05) is 0 Å². The molecule has 2 rings (SSSR count). The number of halogens is 1. The molecular formula is C15H23ClN2. The van der Waals surface area contributed by atoms with Gasteiger partial charge in [-0.25, -0.2) is 0 Å². The number of benzene rings is 1. The van der Waals surface area contributed by atoms with Crippen molar-refractivity contribution in [1.29, 1.82) is 0 Å². The van der Waals surface area contributed by atoms with Gasteiger partial charge in [-0.15, -0.1) is 11.6 Å². The Bertz CT molecular complexity index is 403. The van der Waals surface area contributed by atoms with E-state index in [1.165, 1.54) is 36.2 Å². The maximum atomic E-state index is 5.91. The van der Waals surface area contributed by atoms with Crippen LogP contribution < -0.4 is 4.90 Å². The molecule has 0 aromatic heterocycles. The van der Waals surface area contributed by atoms with Crippen LogP contribution in [0.4, 0.5) is 5.69 Å². The van der Waals surface area contributed by atoms with Crippen molar-refractivity contribution in [2.24, 2.45) is 0 Å². The molecule has 0 bridgehead atoms. The minimum atomic E-state index is 0.604. The van der Waals surface area contributed by atoms with Crippen molar-refractivity contribution in [3.63, 3.8) is 0 Å². The monoisotopic (exact) mass is 266 g/mol. The summed E-state index contributed by atoms with van der Waals surface area (Å²) in [5.74, 6) is 0.604. The first-order valence-corrected chi connectivity index (χ1v) is 7.22. The van der Waals surface area contributed by atoms with Crippen molar-refractivity contribution in [3.8, 4) is 0 Å². The summed E-state index contributed by atoms with van der Waals surface area (Å²) in [4.78, 5) is 4.84. The first-order valence-electron chi connectivity index (χ1n) is 6.68. The Morgan fingerprint density at radius 2 is 2.17 bits per heavy atom. The van der Waals surface area contributed by atoms with Gasteiger partial charge in [0.25, 0.3) is 0 Å². The maximum Gasteiger partial charge on any atom is 0.0476 e. The van der Waals surface area contributed by atoms with Gasteiger partial charge in [0.1, 0.15) is 0 Å². The lowest BCUT2D eigenvalue weighted by atomic mass is 10.0. The minimum Gasteiger partial charge on any atom is -0.370 e. The zero-order chi connectivity index (χ0) is 13.1. The summed E-state index contributed by atoms with van der Waals surface area (Å²) in [5, 5.41) is 0. The molecule has 1 unspecified atom stereocenters. The van der Waals surface area contributed by atoms with Crippen molar-refractivity contribution >= 4 is 17.3 Å². The molecule has 0 saturated carbocycles. The van der Waals surface area contributed by atoms with Gasteiger partial charge in [0.2, 0.25) is 0 Å². The Balaban J connectivity index is 2.13. The van der Waals surface area contributed by atoms with Crippen LogP contribution in [0.15, 0.2) is 18.2 Å². The van der Waals surface area contributed by atoms with Crippen LogP contribution >= 0.6 is 11.6 Å². The fraction of sp³-hybridized carbons (Fsp3) is 0.600. The van der Waals surface area contributed by atoms with E-state index in [-0.39, 0.29) is 0 Å². The molecule has 18 heavy (non-hydrogen) atoms. The lowest BCUT2D eigenvalue weighted by molar-refractivity contribution is 0.258. The van der Waals surface area contributed by atoms with Crippen LogP contribution in [-0.4, -0.2) is 38.1 Å². The van der Waals surface area contributed by atoms with Gasteiger partial charge in [-0.1, -0.05) is 6.07 Å².